The van der Waals surface area contributed by atoms with E-state index >= 15 is 0 Å². The van der Waals surface area contributed by atoms with Gasteiger partial charge in [0, 0.05) is 17.8 Å². The van der Waals surface area contributed by atoms with E-state index in [4.69, 9.17) is 0 Å². The number of nitrogens with one attached hydrogen (secondary N) is 2. The van der Waals surface area contributed by atoms with Crippen molar-refractivity contribution in [3.8, 4) is 11.4 Å². The van der Waals surface area contributed by atoms with Crippen LogP contribution in [0.15, 0.2) is 30.9 Å². The van der Waals surface area contributed by atoms with Crippen molar-refractivity contribution in [3.63, 3.8) is 0 Å². The Balaban J connectivity index is 1.77. The zero-order chi connectivity index (χ0) is 13.8. The maximum Gasteiger partial charge on any atom is 0.190 e. The van der Waals surface area contributed by atoms with Gasteiger partial charge < -0.3 is 10.3 Å². The molecule has 0 fully saturated rings. The van der Waals surface area contributed by atoms with Gasteiger partial charge in [0.15, 0.2) is 17.1 Å². The Hall–Kier alpha value is -2.96. The summed E-state index contributed by atoms with van der Waals surface area (Å²) in [5, 5.41) is 12.0. The van der Waals surface area contributed by atoms with Gasteiger partial charge in [-0.15, -0.1) is 10.2 Å². The number of aromatic amines is 1. The van der Waals surface area contributed by atoms with E-state index in [2.05, 4.69) is 48.7 Å². The molecule has 21 heavy (non-hydrogen) atoms. The van der Waals surface area contributed by atoms with Crippen LogP contribution in [0.25, 0.3) is 28.2 Å². The minimum atomic E-state index is 0.650. The van der Waals surface area contributed by atoms with Crippen LogP contribution >= 0.6 is 0 Å². The van der Waals surface area contributed by atoms with E-state index in [1.165, 1.54) is 11.3 Å². The molecule has 0 unspecified atom stereocenters. The third-order valence-electron chi connectivity index (χ3n) is 3.91. The number of benzene rings is 1. The number of fused-ring (bicyclic) bond motifs is 4. The number of nitrogens with zero attached hydrogens (tertiary/aromatic N) is 5. The lowest BCUT2D eigenvalue weighted by Gasteiger charge is -2.03. The molecule has 0 aliphatic carbocycles. The fourth-order valence-corrected chi connectivity index (χ4v) is 2.86. The van der Waals surface area contributed by atoms with Gasteiger partial charge in [-0.05, 0) is 18.1 Å². The minimum absolute atomic E-state index is 0.650. The molecule has 0 saturated heterocycles. The molecule has 0 radical (unpaired) electrons. The smallest absolute Gasteiger partial charge is 0.190 e. The quantitative estimate of drug-likeness (QED) is 0.552. The number of hydrogen-bond donors (Lipinski definition) is 2. The molecule has 4 aromatic rings. The van der Waals surface area contributed by atoms with Crippen LogP contribution in [0.4, 0.5) is 5.69 Å². The van der Waals surface area contributed by atoms with Crippen LogP contribution < -0.4 is 5.32 Å². The summed E-state index contributed by atoms with van der Waals surface area (Å²) < 4.78 is 1.89. The number of aromatic nitrogens is 6. The van der Waals surface area contributed by atoms with Gasteiger partial charge in [-0.25, -0.2) is 9.97 Å². The molecule has 4 heterocycles. The van der Waals surface area contributed by atoms with E-state index < -0.39 is 0 Å². The standard InChI is InChI=1S/C14H11N7/c1-2-9(5-10-8(1)3-4-15-10)13-19-20-14-11-12(17-6-16-11)18-7-21(13)14/h1-2,5-7,15H,3-4H2,(H,16,17). The van der Waals surface area contributed by atoms with Gasteiger partial charge in [-0.3, -0.25) is 4.40 Å². The van der Waals surface area contributed by atoms with Gasteiger partial charge in [0.25, 0.3) is 0 Å². The Kier molecular flexibility index (Phi) is 1.94. The first-order valence-electron chi connectivity index (χ1n) is 6.80. The van der Waals surface area contributed by atoms with Gasteiger partial charge in [0.1, 0.15) is 11.8 Å². The third-order valence-corrected chi connectivity index (χ3v) is 3.91. The SMILES string of the molecule is c1nc2ncn3c(-c4ccc5c(c4)NCC5)nnc3c2[nH]1. The van der Waals surface area contributed by atoms with Crippen molar-refractivity contribution in [2.24, 2.45) is 0 Å². The largest absolute Gasteiger partial charge is 0.384 e. The van der Waals surface area contributed by atoms with Crippen molar-refractivity contribution in [2.45, 2.75) is 6.42 Å². The van der Waals surface area contributed by atoms with Crippen LogP contribution in [0.5, 0.6) is 0 Å². The van der Waals surface area contributed by atoms with Crippen molar-refractivity contribution in [1.82, 2.24) is 29.5 Å². The zero-order valence-electron chi connectivity index (χ0n) is 11.0. The Morgan fingerprint density at radius 1 is 1.14 bits per heavy atom. The summed E-state index contributed by atoms with van der Waals surface area (Å²) in [4.78, 5) is 11.5. The van der Waals surface area contributed by atoms with E-state index in [-0.39, 0.29) is 0 Å². The topological polar surface area (TPSA) is 83.8 Å². The second-order valence-electron chi connectivity index (χ2n) is 5.11. The predicted octanol–water partition coefficient (Wildman–Crippen LogP) is 1.64. The van der Waals surface area contributed by atoms with Crippen LogP contribution in [0, 0.1) is 0 Å². The van der Waals surface area contributed by atoms with E-state index in [0.29, 0.717) is 5.65 Å². The number of H-pyrrole nitrogens is 1. The first-order valence-corrected chi connectivity index (χ1v) is 6.80. The molecule has 1 aliphatic heterocycles. The van der Waals surface area contributed by atoms with Gasteiger partial charge in [0.2, 0.25) is 0 Å². The highest BCUT2D eigenvalue weighted by Crippen LogP contribution is 2.28. The highest BCUT2D eigenvalue weighted by atomic mass is 15.3. The van der Waals surface area contributed by atoms with Crippen LogP contribution in [0.2, 0.25) is 0 Å². The monoisotopic (exact) mass is 277 g/mol. The second-order valence-corrected chi connectivity index (χ2v) is 5.11. The fourth-order valence-electron chi connectivity index (χ4n) is 2.86. The first kappa shape index (κ1) is 10.8. The Labute approximate surface area is 119 Å². The molecular formula is C14H11N7. The predicted molar refractivity (Wildman–Crippen MR) is 78.1 cm³/mol. The highest BCUT2D eigenvalue weighted by Gasteiger charge is 2.15. The summed E-state index contributed by atoms with van der Waals surface area (Å²) in [5.41, 5.74) is 5.74. The van der Waals surface area contributed by atoms with Crippen LogP contribution in [0.1, 0.15) is 5.56 Å². The van der Waals surface area contributed by atoms with E-state index in [1.807, 2.05) is 4.40 Å². The van der Waals surface area contributed by atoms with E-state index in [9.17, 15) is 0 Å². The fraction of sp³-hybridized carbons (Fsp3) is 0.143. The van der Waals surface area contributed by atoms with Crippen LogP contribution in [0.3, 0.4) is 0 Å². The molecule has 7 heteroatoms. The van der Waals surface area contributed by atoms with Gasteiger partial charge >= 0.3 is 0 Å². The minimum Gasteiger partial charge on any atom is -0.384 e. The molecular weight excluding hydrogens is 266 g/mol. The summed E-state index contributed by atoms with van der Waals surface area (Å²) in [6.07, 6.45) is 4.41. The third kappa shape index (κ3) is 1.42. The van der Waals surface area contributed by atoms with Gasteiger partial charge in [-0.1, -0.05) is 12.1 Å². The molecule has 0 saturated carbocycles. The molecule has 5 rings (SSSR count). The number of imidazole rings is 1. The lowest BCUT2D eigenvalue weighted by molar-refractivity contribution is 1.09. The molecule has 7 nitrogen and oxygen atoms in total. The number of anilines is 1. The van der Waals surface area contributed by atoms with Crippen molar-refractivity contribution in [3.05, 3.63) is 36.4 Å². The molecule has 102 valence electrons. The molecule has 0 spiro atoms. The van der Waals surface area contributed by atoms with Crippen LogP contribution in [-0.4, -0.2) is 36.1 Å². The van der Waals surface area contributed by atoms with Crippen molar-refractivity contribution < 1.29 is 0 Å². The molecule has 1 aliphatic rings. The number of rotatable bonds is 1. The zero-order valence-corrected chi connectivity index (χ0v) is 11.0. The summed E-state index contributed by atoms with van der Waals surface area (Å²) in [6.45, 7) is 0.996. The Morgan fingerprint density at radius 2 is 2.14 bits per heavy atom. The molecule has 0 atom stereocenters. The number of hydrogen-bond acceptors (Lipinski definition) is 5. The first-order chi connectivity index (χ1) is 10.4. The van der Waals surface area contributed by atoms with Crippen molar-refractivity contribution in [2.75, 3.05) is 11.9 Å². The van der Waals surface area contributed by atoms with Crippen LogP contribution in [-0.2, 0) is 6.42 Å². The molecule has 1 aromatic carbocycles. The molecule has 2 N–H and O–H groups in total. The summed E-state index contributed by atoms with van der Waals surface area (Å²) >= 11 is 0. The maximum absolute atomic E-state index is 4.33. The van der Waals surface area contributed by atoms with Gasteiger partial charge in [-0.2, -0.15) is 0 Å². The molecule has 0 amide bonds. The van der Waals surface area contributed by atoms with Crippen molar-refractivity contribution in [1.29, 1.82) is 0 Å². The summed E-state index contributed by atoms with van der Waals surface area (Å²) in [5.74, 6) is 0.783. The average Bonchev–Trinajstić information content (AvgIpc) is 3.23. The van der Waals surface area contributed by atoms with E-state index in [0.717, 1.165) is 35.5 Å². The molecule has 0 bridgehead atoms. The molecule has 3 aromatic heterocycles. The second kappa shape index (κ2) is 3.78. The van der Waals surface area contributed by atoms with E-state index in [1.54, 1.807) is 12.7 Å². The lowest BCUT2D eigenvalue weighted by Crippen LogP contribution is -1.94. The average molecular weight is 277 g/mol. The Bertz CT molecular complexity index is 981. The summed E-state index contributed by atoms with van der Waals surface area (Å²) in [7, 11) is 0. The van der Waals surface area contributed by atoms with Gasteiger partial charge in [0.05, 0.1) is 6.33 Å². The summed E-state index contributed by atoms with van der Waals surface area (Å²) in [6, 6.07) is 6.35. The van der Waals surface area contributed by atoms with Crippen molar-refractivity contribution >= 4 is 22.5 Å². The Morgan fingerprint density at radius 3 is 3.14 bits per heavy atom. The maximum atomic E-state index is 4.33. The normalized spacial score (nSPS) is 13.7. The lowest BCUT2D eigenvalue weighted by atomic mass is 10.1. The highest BCUT2D eigenvalue weighted by molar-refractivity contribution is 5.85.